The molecule has 0 N–H and O–H groups in total. The molecule has 0 saturated heterocycles. The molecule has 62 heavy (non-hydrogen) atoms. The predicted octanol–water partition coefficient (Wildman–Crippen LogP) is 19.2. The second-order valence-electron chi connectivity index (χ2n) is 17.3. The second-order valence-corrected chi connectivity index (χ2v) is 19.8. The molecule has 7 rings (SSSR count). The summed E-state index contributed by atoms with van der Waals surface area (Å²) in [6.45, 7) is 4.60. The number of nitrogens with zero attached hydrogens (tertiary/aromatic N) is 3. The molecule has 4 aromatic carbocycles. The third kappa shape index (κ3) is 13.0. The Morgan fingerprint density at radius 3 is 1.45 bits per heavy atom. The van der Waals surface area contributed by atoms with Crippen molar-refractivity contribution in [3.05, 3.63) is 126 Å². The lowest BCUT2D eigenvalue weighted by Crippen LogP contribution is -2.09. The van der Waals surface area contributed by atoms with Crippen molar-refractivity contribution in [3.8, 4) is 31.3 Å². The molecule has 0 bridgehead atoms. The van der Waals surface area contributed by atoms with Crippen molar-refractivity contribution in [1.82, 2.24) is 8.75 Å². The molecule has 0 aliphatic rings. The third-order valence-corrected chi connectivity index (χ3v) is 15.2. The van der Waals surface area contributed by atoms with E-state index >= 15 is 0 Å². The molecule has 3 nitrogen and oxygen atoms in total. The Hall–Kier alpha value is -4.10. The van der Waals surface area contributed by atoms with E-state index in [2.05, 4.69) is 133 Å². The molecule has 0 saturated carbocycles. The molecule has 0 fully saturated rings. The minimum Gasteiger partial charge on any atom is -0.311 e. The summed E-state index contributed by atoms with van der Waals surface area (Å²) < 4.78 is 9.88. The minimum absolute atomic E-state index is 1.03. The number of aryl methyl sites for hydroxylation is 2. The van der Waals surface area contributed by atoms with E-state index in [9.17, 15) is 0 Å². The van der Waals surface area contributed by atoms with Crippen LogP contribution in [-0.2, 0) is 12.8 Å². The lowest BCUT2D eigenvalue weighted by Gasteiger charge is -2.25. The lowest BCUT2D eigenvalue weighted by molar-refractivity contribution is 0.556. The number of fused-ring (bicyclic) bond motifs is 1. The largest absolute Gasteiger partial charge is 0.311 e. The Morgan fingerprint density at radius 2 is 0.919 bits per heavy atom. The summed E-state index contributed by atoms with van der Waals surface area (Å²) in [5.41, 5.74) is 12.2. The number of unbranched alkanes of at least 4 members (excludes halogenated alkanes) is 18. The Morgan fingerprint density at radius 1 is 0.452 bits per heavy atom. The van der Waals surface area contributed by atoms with Crippen LogP contribution >= 0.6 is 34.4 Å². The van der Waals surface area contributed by atoms with Crippen molar-refractivity contribution in [3.63, 3.8) is 0 Å². The van der Waals surface area contributed by atoms with Gasteiger partial charge in [0.2, 0.25) is 0 Å². The molecule has 0 aliphatic heterocycles. The van der Waals surface area contributed by atoms with Crippen LogP contribution < -0.4 is 4.90 Å². The number of hydrogen-bond donors (Lipinski definition) is 0. The highest BCUT2D eigenvalue weighted by molar-refractivity contribution is 7.19. The van der Waals surface area contributed by atoms with Crippen LogP contribution in [0.4, 0.5) is 17.1 Å². The highest BCUT2D eigenvalue weighted by Gasteiger charge is 2.20. The number of aromatic nitrogens is 2. The van der Waals surface area contributed by atoms with Crippen LogP contribution in [0.1, 0.15) is 153 Å². The second kappa shape index (κ2) is 25.3. The zero-order valence-corrected chi connectivity index (χ0v) is 40.0. The van der Waals surface area contributed by atoms with Crippen LogP contribution in [-0.4, -0.2) is 8.75 Å². The minimum atomic E-state index is 1.03. The number of anilines is 3. The maximum atomic E-state index is 4.96. The van der Waals surface area contributed by atoms with Crippen LogP contribution in [0, 0.1) is 0 Å². The maximum Gasteiger partial charge on any atom is 0.114 e. The third-order valence-electron chi connectivity index (χ3n) is 12.4. The summed E-state index contributed by atoms with van der Waals surface area (Å²) in [5, 5.41) is 2.37. The molecule has 6 heteroatoms. The van der Waals surface area contributed by atoms with Gasteiger partial charge in [0.25, 0.3) is 0 Å². The van der Waals surface area contributed by atoms with Gasteiger partial charge in [0.15, 0.2) is 0 Å². The average Bonchev–Trinajstić information content (AvgIpc) is 4.10. The van der Waals surface area contributed by atoms with Crippen molar-refractivity contribution >= 4 is 62.5 Å². The van der Waals surface area contributed by atoms with Gasteiger partial charge < -0.3 is 4.90 Å². The van der Waals surface area contributed by atoms with Crippen molar-refractivity contribution < 1.29 is 0 Å². The fourth-order valence-electron chi connectivity index (χ4n) is 8.89. The summed E-state index contributed by atoms with van der Waals surface area (Å²) in [7, 11) is 0. The van der Waals surface area contributed by atoms with Crippen molar-refractivity contribution in [2.45, 2.75) is 155 Å². The predicted molar refractivity (Wildman–Crippen MR) is 275 cm³/mol. The average molecular weight is 880 g/mol. The van der Waals surface area contributed by atoms with Gasteiger partial charge in [0.05, 0.1) is 11.7 Å². The Bertz CT molecular complexity index is 2260. The van der Waals surface area contributed by atoms with Crippen LogP contribution in [0.3, 0.4) is 0 Å². The van der Waals surface area contributed by atoms with Gasteiger partial charge in [0, 0.05) is 42.8 Å². The molecule has 3 heterocycles. The van der Waals surface area contributed by atoms with Gasteiger partial charge in [-0.25, -0.2) is 0 Å². The van der Waals surface area contributed by atoms with Gasteiger partial charge >= 0.3 is 0 Å². The first kappa shape index (κ1) is 45.9. The van der Waals surface area contributed by atoms with Gasteiger partial charge in [-0.05, 0) is 96.3 Å². The number of thiophene rings is 2. The van der Waals surface area contributed by atoms with E-state index in [4.69, 9.17) is 8.75 Å². The van der Waals surface area contributed by atoms with Gasteiger partial charge in [-0.15, -0.1) is 22.7 Å². The van der Waals surface area contributed by atoms with E-state index in [1.807, 2.05) is 22.7 Å². The normalized spacial score (nSPS) is 11.5. The molecule has 7 aromatic rings. The summed E-state index contributed by atoms with van der Waals surface area (Å²) >= 11 is 5.13. The van der Waals surface area contributed by atoms with Gasteiger partial charge in [-0.1, -0.05) is 190 Å². The van der Waals surface area contributed by atoms with E-state index in [1.165, 1.54) is 189 Å². The summed E-state index contributed by atoms with van der Waals surface area (Å²) in [4.78, 5) is 6.32. The highest BCUT2D eigenvalue weighted by atomic mass is 32.1. The number of para-hydroxylation sites is 2. The first-order chi connectivity index (χ1) is 30.7. The molecule has 0 radical (unpaired) electrons. The lowest BCUT2D eigenvalue weighted by atomic mass is 10.00. The fraction of sp³-hybridized carbons (Fsp3) is 0.429. The zero-order valence-electron chi connectivity index (χ0n) is 37.6. The molecule has 0 unspecified atom stereocenters. The van der Waals surface area contributed by atoms with Crippen molar-refractivity contribution in [2.75, 3.05) is 4.90 Å². The van der Waals surface area contributed by atoms with Gasteiger partial charge in [-0.2, -0.15) is 8.75 Å². The van der Waals surface area contributed by atoms with E-state index in [1.54, 1.807) is 0 Å². The molecule has 326 valence electrons. The van der Waals surface area contributed by atoms with Crippen molar-refractivity contribution in [2.24, 2.45) is 0 Å². The van der Waals surface area contributed by atoms with Crippen molar-refractivity contribution in [1.29, 1.82) is 0 Å². The number of benzene rings is 4. The van der Waals surface area contributed by atoms with Crippen LogP contribution in [0.2, 0.25) is 0 Å². The monoisotopic (exact) mass is 879 g/mol. The first-order valence-corrected chi connectivity index (χ1v) is 26.6. The topological polar surface area (TPSA) is 29.0 Å². The molecular weight excluding hydrogens is 811 g/mol. The Labute approximate surface area is 386 Å². The molecule has 0 atom stereocenters. The molecule has 0 amide bonds. The first-order valence-electron chi connectivity index (χ1n) is 24.2. The number of hydrogen-bond acceptors (Lipinski definition) is 6. The smallest absolute Gasteiger partial charge is 0.114 e. The summed E-state index contributed by atoms with van der Waals surface area (Å²) in [6, 6.07) is 40.2. The number of rotatable bonds is 28. The quantitative estimate of drug-likeness (QED) is 0.0459. The van der Waals surface area contributed by atoms with Gasteiger partial charge in [0.1, 0.15) is 11.0 Å². The summed E-state index contributed by atoms with van der Waals surface area (Å²) in [5.74, 6) is 0. The SMILES string of the molecule is CCCCCCCCCCCCc1csc(-c2ccc(-c3cc(CCCCCCCCCCCC)c(-c4ccc(N(c5ccccc5)c5ccccc5)cc4)s3)c3nsnc23)c1. The molecule has 0 aliphatic carbocycles. The van der Waals surface area contributed by atoms with Crippen LogP contribution in [0.5, 0.6) is 0 Å². The highest BCUT2D eigenvalue weighted by Crippen LogP contribution is 2.44. The standard InChI is InChI=1S/C56H69N3S3/c1-3-5-7-9-11-13-15-17-19-23-29-44-41-52(60-43-44)50-39-40-51(55-54(50)57-62-58-55)53-42-46(30-24-20-18-16-14-12-10-8-6-4-2)56(61-53)45-35-37-49(38-36-45)59(47-31-25-21-26-32-47)48-33-27-22-28-34-48/h21-22,25-28,31-43H,3-20,23-24,29-30H2,1-2H3. The Kier molecular flexibility index (Phi) is 18.7. The fourth-order valence-corrected chi connectivity index (χ4v) is 11.7. The van der Waals surface area contributed by atoms with E-state index in [-0.39, 0.29) is 0 Å². The molecule has 0 spiro atoms. The molecule has 3 aromatic heterocycles. The van der Waals surface area contributed by atoms with Gasteiger partial charge in [-0.3, -0.25) is 0 Å². The van der Waals surface area contributed by atoms with E-state index in [0.29, 0.717) is 0 Å². The van der Waals surface area contributed by atoms with Crippen LogP contribution in [0.25, 0.3) is 42.4 Å². The van der Waals surface area contributed by atoms with E-state index < -0.39 is 0 Å². The zero-order chi connectivity index (χ0) is 42.6. The van der Waals surface area contributed by atoms with E-state index in [0.717, 1.165) is 34.5 Å². The maximum absolute atomic E-state index is 4.96. The Balaban J connectivity index is 1.07. The molecular formula is C56H69N3S3. The summed E-state index contributed by atoms with van der Waals surface area (Å²) in [6.07, 6.45) is 29.5. The van der Waals surface area contributed by atoms with Crippen LogP contribution in [0.15, 0.2) is 115 Å².